The fourth-order valence-corrected chi connectivity index (χ4v) is 3.09. The van der Waals surface area contributed by atoms with Crippen molar-refractivity contribution >= 4 is 17.2 Å². The van der Waals surface area contributed by atoms with Gasteiger partial charge in [-0.05, 0) is 37.3 Å². The Morgan fingerprint density at radius 2 is 2.44 bits per heavy atom. The summed E-state index contributed by atoms with van der Waals surface area (Å²) in [5, 5.41) is 2.90. The third kappa shape index (κ3) is 2.45. The summed E-state index contributed by atoms with van der Waals surface area (Å²) >= 11 is 1.64. The number of unbranched alkanes of at least 4 members (excludes halogenated alkanes) is 1. The van der Waals surface area contributed by atoms with E-state index >= 15 is 0 Å². The topological polar surface area (TPSA) is 29.1 Å². The molecule has 1 heterocycles. The Bertz CT molecular complexity index is 406. The molecule has 0 aliphatic heterocycles. The summed E-state index contributed by atoms with van der Waals surface area (Å²) in [4.78, 5) is 14.0. The van der Waals surface area contributed by atoms with Crippen LogP contribution in [0.3, 0.4) is 0 Å². The molecule has 0 atom stereocenters. The first-order valence-electron chi connectivity index (χ1n) is 5.64. The number of hydrogen-bond donors (Lipinski definition) is 1. The van der Waals surface area contributed by atoms with Crippen molar-refractivity contribution in [2.75, 3.05) is 6.54 Å². The Morgan fingerprint density at radius 3 is 3.19 bits per heavy atom. The number of aryl methyl sites for hydroxylation is 2. The number of carbonyl (C=O) groups is 1. The summed E-state index contributed by atoms with van der Waals surface area (Å²) in [5.41, 5.74) is 1.37. The molecule has 0 spiro atoms. The average molecular weight is 233 g/mol. The van der Waals surface area contributed by atoms with E-state index in [-0.39, 0.29) is 5.91 Å². The summed E-state index contributed by atoms with van der Waals surface area (Å²) < 4.78 is 0. The lowest BCUT2D eigenvalue weighted by Gasteiger charge is -2.01. The van der Waals surface area contributed by atoms with Gasteiger partial charge in [-0.3, -0.25) is 4.79 Å². The van der Waals surface area contributed by atoms with Gasteiger partial charge in [-0.1, -0.05) is 0 Å². The van der Waals surface area contributed by atoms with E-state index < -0.39 is 0 Å². The number of nitrogens with one attached hydrogen (secondary N) is 1. The van der Waals surface area contributed by atoms with Crippen LogP contribution in [-0.2, 0) is 12.8 Å². The van der Waals surface area contributed by atoms with Gasteiger partial charge in [0.2, 0.25) is 0 Å². The molecular formula is C13H15NOS. The standard InChI is InChI=1S/C13H15NOS/c1-2-3-4-8-14-13(15)12-9-10-6-5-7-11(10)16-12/h1,9H,3-8H2,(H,14,15). The van der Waals surface area contributed by atoms with E-state index in [1.165, 1.54) is 16.9 Å². The molecule has 0 bridgehead atoms. The van der Waals surface area contributed by atoms with Crippen molar-refractivity contribution < 1.29 is 4.79 Å². The second-order valence-electron chi connectivity index (χ2n) is 3.98. The highest BCUT2D eigenvalue weighted by atomic mass is 32.1. The molecule has 0 saturated heterocycles. The minimum Gasteiger partial charge on any atom is -0.351 e. The van der Waals surface area contributed by atoms with Gasteiger partial charge in [-0.25, -0.2) is 0 Å². The highest BCUT2D eigenvalue weighted by molar-refractivity contribution is 7.14. The van der Waals surface area contributed by atoms with Crippen molar-refractivity contribution in [3.8, 4) is 12.3 Å². The summed E-state index contributed by atoms with van der Waals surface area (Å²) in [6.45, 7) is 0.672. The number of fused-ring (bicyclic) bond motifs is 1. The van der Waals surface area contributed by atoms with Gasteiger partial charge >= 0.3 is 0 Å². The molecule has 1 amide bonds. The molecule has 1 aliphatic rings. The molecular weight excluding hydrogens is 218 g/mol. The van der Waals surface area contributed by atoms with Crippen LogP contribution in [-0.4, -0.2) is 12.5 Å². The smallest absolute Gasteiger partial charge is 0.261 e. The van der Waals surface area contributed by atoms with Crippen LogP contribution in [0.15, 0.2) is 6.07 Å². The maximum atomic E-state index is 11.8. The van der Waals surface area contributed by atoms with E-state index in [0.29, 0.717) is 6.54 Å². The Labute approximate surface area is 100 Å². The monoisotopic (exact) mass is 233 g/mol. The van der Waals surface area contributed by atoms with Gasteiger partial charge in [0.15, 0.2) is 0 Å². The molecule has 0 unspecified atom stereocenters. The Kier molecular flexibility index (Phi) is 3.63. The summed E-state index contributed by atoms with van der Waals surface area (Å²) in [7, 11) is 0. The quantitative estimate of drug-likeness (QED) is 0.628. The van der Waals surface area contributed by atoms with E-state index in [0.717, 1.165) is 30.6 Å². The van der Waals surface area contributed by atoms with E-state index in [2.05, 4.69) is 11.2 Å². The molecule has 0 saturated carbocycles. The van der Waals surface area contributed by atoms with Gasteiger partial charge in [0.25, 0.3) is 5.91 Å². The number of amides is 1. The predicted octanol–water partition coefficient (Wildman–Crippen LogP) is 2.38. The van der Waals surface area contributed by atoms with Crippen LogP contribution < -0.4 is 5.32 Å². The fourth-order valence-electron chi connectivity index (χ4n) is 1.92. The van der Waals surface area contributed by atoms with Crippen LogP contribution in [0.2, 0.25) is 0 Å². The average Bonchev–Trinajstić information content (AvgIpc) is 2.83. The second-order valence-corrected chi connectivity index (χ2v) is 5.11. The molecule has 1 aliphatic carbocycles. The minimum absolute atomic E-state index is 0.0522. The van der Waals surface area contributed by atoms with Gasteiger partial charge in [-0.2, -0.15) is 0 Å². The molecule has 84 valence electrons. The van der Waals surface area contributed by atoms with Crippen LogP contribution in [0.1, 0.15) is 39.4 Å². The summed E-state index contributed by atoms with van der Waals surface area (Å²) in [6, 6.07) is 2.05. The highest BCUT2D eigenvalue weighted by Crippen LogP contribution is 2.30. The van der Waals surface area contributed by atoms with Crippen LogP contribution >= 0.6 is 11.3 Å². The number of terminal acetylenes is 1. The van der Waals surface area contributed by atoms with Crippen molar-refractivity contribution in [1.82, 2.24) is 5.32 Å². The zero-order valence-electron chi connectivity index (χ0n) is 9.21. The fraction of sp³-hybridized carbons (Fsp3) is 0.462. The number of carbonyl (C=O) groups excluding carboxylic acids is 1. The zero-order valence-corrected chi connectivity index (χ0v) is 10.0. The molecule has 0 radical (unpaired) electrons. The molecule has 2 rings (SSSR count). The SMILES string of the molecule is C#CCCCNC(=O)c1cc2c(s1)CCC2. The maximum Gasteiger partial charge on any atom is 0.261 e. The minimum atomic E-state index is 0.0522. The van der Waals surface area contributed by atoms with Crippen LogP contribution in [0, 0.1) is 12.3 Å². The lowest BCUT2D eigenvalue weighted by Crippen LogP contribution is -2.23. The van der Waals surface area contributed by atoms with Crippen molar-refractivity contribution in [2.24, 2.45) is 0 Å². The first-order chi connectivity index (χ1) is 7.81. The molecule has 1 aromatic heterocycles. The first-order valence-corrected chi connectivity index (χ1v) is 6.46. The number of thiophene rings is 1. The summed E-state index contributed by atoms with van der Waals surface area (Å²) in [6.07, 6.45) is 10.2. The third-order valence-corrected chi connectivity index (χ3v) is 3.99. The molecule has 3 heteroatoms. The van der Waals surface area contributed by atoms with E-state index in [1.54, 1.807) is 11.3 Å². The molecule has 1 N–H and O–H groups in total. The molecule has 0 aromatic carbocycles. The lowest BCUT2D eigenvalue weighted by atomic mass is 10.2. The normalized spacial score (nSPS) is 13.2. The van der Waals surface area contributed by atoms with Crippen LogP contribution in [0.5, 0.6) is 0 Å². The number of hydrogen-bond acceptors (Lipinski definition) is 2. The van der Waals surface area contributed by atoms with E-state index in [4.69, 9.17) is 6.42 Å². The van der Waals surface area contributed by atoms with Crippen LogP contribution in [0.4, 0.5) is 0 Å². The summed E-state index contributed by atoms with van der Waals surface area (Å²) in [5.74, 6) is 2.62. The molecule has 2 nitrogen and oxygen atoms in total. The first kappa shape index (κ1) is 11.2. The van der Waals surface area contributed by atoms with Crippen molar-refractivity contribution in [3.05, 3.63) is 21.4 Å². The van der Waals surface area contributed by atoms with Gasteiger partial charge < -0.3 is 5.32 Å². The van der Waals surface area contributed by atoms with Gasteiger partial charge in [0.05, 0.1) is 4.88 Å². The molecule has 0 fully saturated rings. The molecule has 16 heavy (non-hydrogen) atoms. The number of rotatable bonds is 4. The van der Waals surface area contributed by atoms with Crippen molar-refractivity contribution in [2.45, 2.75) is 32.1 Å². The van der Waals surface area contributed by atoms with Crippen molar-refractivity contribution in [1.29, 1.82) is 0 Å². The van der Waals surface area contributed by atoms with Crippen LogP contribution in [0.25, 0.3) is 0 Å². The van der Waals surface area contributed by atoms with Gasteiger partial charge in [0, 0.05) is 17.8 Å². The maximum absolute atomic E-state index is 11.8. The Balaban J connectivity index is 1.87. The van der Waals surface area contributed by atoms with E-state index in [9.17, 15) is 4.79 Å². The highest BCUT2D eigenvalue weighted by Gasteiger charge is 2.17. The Morgan fingerprint density at radius 1 is 1.56 bits per heavy atom. The van der Waals surface area contributed by atoms with Crippen molar-refractivity contribution in [3.63, 3.8) is 0 Å². The lowest BCUT2D eigenvalue weighted by molar-refractivity contribution is 0.0957. The zero-order chi connectivity index (χ0) is 11.4. The predicted molar refractivity (Wildman–Crippen MR) is 66.7 cm³/mol. The second kappa shape index (κ2) is 5.18. The largest absolute Gasteiger partial charge is 0.351 e. The van der Waals surface area contributed by atoms with Gasteiger partial charge in [0.1, 0.15) is 0 Å². The van der Waals surface area contributed by atoms with E-state index in [1.807, 2.05) is 6.07 Å². The molecule has 1 aromatic rings. The third-order valence-electron chi connectivity index (χ3n) is 2.75. The van der Waals surface area contributed by atoms with Gasteiger partial charge in [-0.15, -0.1) is 23.7 Å². The Hall–Kier alpha value is -1.27.